The van der Waals surface area contributed by atoms with Crippen LogP contribution in [0.3, 0.4) is 0 Å². The van der Waals surface area contributed by atoms with Crippen molar-refractivity contribution in [1.82, 2.24) is 10.2 Å². The van der Waals surface area contributed by atoms with Gasteiger partial charge in [0.2, 0.25) is 0 Å². The Bertz CT molecular complexity index is 514. The van der Waals surface area contributed by atoms with Crippen LogP contribution in [-0.4, -0.2) is 53.3 Å². The van der Waals surface area contributed by atoms with E-state index in [4.69, 9.17) is 9.84 Å². The first-order valence-corrected chi connectivity index (χ1v) is 9.77. The summed E-state index contributed by atoms with van der Waals surface area (Å²) in [6.07, 6.45) is 5.07. The van der Waals surface area contributed by atoms with Crippen LogP contribution in [0.4, 0.5) is 4.79 Å². The molecular weight excluding hydrogens is 320 g/mol. The number of ether oxygens (including phenoxy) is 1. The van der Waals surface area contributed by atoms with Gasteiger partial charge in [-0.15, -0.1) is 0 Å². The topological polar surface area (TPSA) is 78.9 Å². The zero-order chi connectivity index (χ0) is 18.2. The molecule has 2 N–H and O–H groups in total. The molecule has 25 heavy (non-hydrogen) atoms. The van der Waals surface area contributed by atoms with Gasteiger partial charge in [0.15, 0.2) is 0 Å². The van der Waals surface area contributed by atoms with Crippen LogP contribution in [0.1, 0.15) is 59.3 Å². The van der Waals surface area contributed by atoms with Gasteiger partial charge in [-0.1, -0.05) is 20.8 Å². The molecule has 2 amide bonds. The van der Waals surface area contributed by atoms with Crippen LogP contribution in [-0.2, 0) is 9.53 Å². The number of carboxylic acids is 1. The van der Waals surface area contributed by atoms with Crippen molar-refractivity contribution in [1.29, 1.82) is 0 Å². The summed E-state index contributed by atoms with van der Waals surface area (Å²) in [4.78, 5) is 26.1. The van der Waals surface area contributed by atoms with Gasteiger partial charge in [-0.25, -0.2) is 4.79 Å². The highest BCUT2D eigenvalue weighted by atomic mass is 16.5. The second-order valence-electron chi connectivity index (χ2n) is 8.54. The average molecular weight is 352 g/mol. The van der Waals surface area contributed by atoms with Gasteiger partial charge in [-0.3, -0.25) is 4.79 Å². The minimum Gasteiger partial charge on any atom is -0.481 e. The normalized spacial score (nSPS) is 36.2. The first-order valence-electron chi connectivity index (χ1n) is 9.77. The van der Waals surface area contributed by atoms with Gasteiger partial charge >= 0.3 is 12.0 Å². The number of carboxylic acid groups (broad SMARTS) is 1. The van der Waals surface area contributed by atoms with Gasteiger partial charge in [0, 0.05) is 36.6 Å². The molecule has 1 aliphatic heterocycles. The number of amides is 2. The second kappa shape index (κ2) is 7.14. The highest BCUT2D eigenvalue weighted by molar-refractivity contribution is 5.75. The van der Waals surface area contributed by atoms with Crippen molar-refractivity contribution in [2.45, 2.75) is 77.5 Å². The number of rotatable bonds is 5. The molecule has 3 fully saturated rings. The van der Waals surface area contributed by atoms with E-state index in [9.17, 15) is 9.59 Å². The van der Waals surface area contributed by atoms with Crippen LogP contribution in [0.25, 0.3) is 0 Å². The Balaban J connectivity index is 1.61. The molecule has 6 heteroatoms. The van der Waals surface area contributed by atoms with Gasteiger partial charge in [-0.2, -0.15) is 0 Å². The van der Waals surface area contributed by atoms with Crippen molar-refractivity contribution < 1.29 is 19.4 Å². The molecule has 3 rings (SSSR count). The predicted molar refractivity (Wildman–Crippen MR) is 94.3 cm³/mol. The number of carbonyl (C=O) groups excluding carboxylic acids is 1. The first-order chi connectivity index (χ1) is 11.9. The predicted octanol–water partition coefficient (Wildman–Crippen LogP) is 2.86. The third kappa shape index (κ3) is 3.37. The van der Waals surface area contributed by atoms with Gasteiger partial charge in [0.05, 0.1) is 12.0 Å². The highest BCUT2D eigenvalue weighted by Gasteiger charge is 2.62. The Hall–Kier alpha value is -1.30. The standard InChI is InChI=1S/C19H32N2O4/c1-4-10-21(15-14-9-11-25-16(14)19(15,2)3)18(24)20-13-7-5-12(6-8-13)17(22)23/h12-16H,4-11H2,1-3H3,(H,20,24)(H,22,23). The minimum atomic E-state index is -0.708. The number of hydrogen-bond donors (Lipinski definition) is 2. The Kier molecular flexibility index (Phi) is 5.28. The summed E-state index contributed by atoms with van der Waals surface area (Å²) < 4.78 is 5.88. The number of carbonyl (C=O) groups is 2. The van der Waals surface area contributed by atoms with E-state index in [1.165, 1.54) is 0 Å². The van der Waals surface area contributed by atoms with E-state index in [-0.39, 0.29) is 35.6 Å². The lowest BCUT2D eigenvalue weighted by atomic mass is 9.56. The van der Waals surface area contributed by atoms with E-state index < -0.39 is 5.97 Å². The van der Waals surface area contributed by atoms with Crippen molar-refractivity contribution >= 4 is 12.0 Å². The van der Waals surface area contributed by atoms with Gasteiger partial charge in [-0.05, 0) is 38.5 Å². The Morgan fingerprint density at radius 2 is 1.88 bits per heavy atom. The minimum absolute atomic E-state index is 0.00531. The lowest BCUT2D eigenvalue weighted by Crippen LogP contribution is -2.69. The van der Waals surface area contributed by atoms with Gasteiger partial charge < -0.3 is 20.1 Å². The van der Waals surface area contributed by atoms with Crippen LogP contribution in [0, 0.1) is 17.3 Å². The summed E-state index contributed by atoms with van der Waals surface area (Å²) in [6, 6.07) is 0.348. The molecule has 0 aromatic carbocycles. The van der Waals surface area contributed by atoms with E-state index in [2.05, 4.69) is 26.1 Å². The van der Waals surface area contributed by atoms with Crippen LogP contribution in [0.15, 0.2) is 0 Å². The van der Waals surface area contributed by atoms with Gasteiger partial charge in [0.25, 0.3) is 0 Å². The maximum atomic E-state index is 13.0. The van der Waals surface area contributed by atoms with Crippen molar-refractivity contribution in [3.63, 3.8) is 0 Å². The molecule has 3 aliphatic rings. The number of aliphatic carboxylic acids is 1. The lowest BCUT2D eigenvalue weighted by molar-refractivity contribution is -0.143. The summed E-state index contributed by atoms with van der Waals surface area (Å²) in [6.45, 7) is 8.08. The zero-order valence-electron chi connectivity index (χ0n) is 15.7. The Labute approximate surface area is 150 Å². The molecule has 2 saturated carbocycles. The first kappa shape index (κ1) is 18.5. The SMILES string of the molecule is CCCN(C(=O)NC1CCC(C(=O)O)CC1)C1C2CCOC2C1(C)C. The summed E-state index contributed by atoms with van der Waals surface area (Å²) >= 11 is 0. The molecule has 3 atom stereocenters. The quantitative estimate of drug-likeness (QED) is 0.797. The van der Waals surface area contributed by atoms with E-state index in [1.807, 2.05) is 4.90 Å². The average Bonchev–Trinajstić information content (AvgIpc) is 3.01. The summed E-state index contributed by atoms with van der Waals surface area (Å²) in [5.41, 5.74) is -0.00531. The maximum absolute atomic E-state index is 13.0. The van der Waals surface area contributed by atoms with Crippen molar-refractivity contribution in [3.05, 3.63) is 0 Å². The summed E-state index contributed by atoms with van der Waals surface area (Å²) in [7, 11) is 0. The summed E-state index contributed by atoms with van der Waals surface area (Å²) in [5.74, 6) is -0.502. The fourth-order valence-corrected chi connectivity index (χ4v) is 5.28. The van der Waals surface area contributed by atoms with Crippen LogP contribution in [0.5, 0.6) is 0 Å². The van der Waals surface area contributed by atoms with E-state index in [0.29, 0.717) is 18.8 Å². The fraction of sp³-hybridized carbons (Fsp3) is 0.895. The molecule has 1 saturated heterocycles. The number of fused-ring (bicyclic) bond motifs is 1. The zero-order valence-corrected chi connectivity index (χ0v) is 15.7. The molecule has 142 valence electrons. The smallest absolute Gasteiger partial charge is 0.317 e. The highest BCUT2D eigenvalue weighted by Crippen LogP contribution is 2.54. The van der Waals surface area contributed by atoms with Crippen LogP contribution in [0.2, 0.25) is 0 Å². The van der Waals surface area contributed by atoms with E-state index in [0.717, 1.165) is 38.8 Å². The lowest BCUT2D eigenvalue weighted by Gasteiger charge is -2.58. The number of nitrogens with one attached hydrogen (secondary N) is 1. The molecule has 0 aromatic rings. The molecule has 0 radical (unpaired) electrons. The fourth-order valence-electron chi connectivity index (χ4n) is 5.28. The number of hydrogen-bond acceptors (Lipinski definition) is 3. The Morgan fingerprint density at radius 3 is 2.48 bits per heavy atom. The number of urea groups is 1. The van der Waals surface area contributed by atoms with Crippen molar-refractivity contribution in [2.75, 3.05) is 13.2 Å². The summed E-state index contributed by atoms with van der Waals surface area (Å²) in [5, 5.41) is 12.3. The van der Waals surface area contributed by atoms with Crippen molar-refractivity contribution in [2.24, 2.45) is 17.3 Å². The van der Waals surface area contributed by atoms with Crippen LogP contribution >= 0.6 is 0 Å². The van der Waals surface area contributed by atoms with E-state index in [1.54, 1.807) is 0 Å². The number of nitrogens with zero attached hydrogens (tertiary/aromatic N) is 1. The third-order valence-electron chi connectivity index (χ3n) is 6.50. The second-order valence-corrected chi connectivity index (χ2v) is 8.54. The molecule has 0 bridgehead atoms. The largest absolute Gasteiger partial charge is 0.481 e. The monoisotopic (exact) mass is 352 g/mol. The molecular formula is C19H32N2O4. The molecule has 2 aliphatic carbocycles. The van der Waals surface area contributed by atoms with Gasteiger partial charge in [0.1, 0.15) is 0 Å². The van der Waals surface area contributed by atoms with Crippen LogP contribution < -0.4 is 5.32 Å². The van der Waals surface area contributed by atoms with E-state index >= 15 is 0 Å². The molecule has 0 spiro atoms. The van der Waals surface area contributed by atoms with Crippen molar-refractivity contribution in [3.8, 4) is 0 Å². The Morgan fingerprint density at radius 1 is 1.20 bits per heavy atom. The maximum Gasteiger partial charge on any atom is 0.317 e. The molecule has 0 aromatic heterocycles. The molecule has 6 nitrogen and oxygen atoms in total. The third-order valence-corrected chi connectivity index (χ3v) is 6.50. The molecule has 3 unspecified atom stereocenters. The molecule has 1 heterocycles.